The highest BCUT2D eigenvalue weighted by molar-refractivity contribution is 6.39. The SMILES string of the molecule is Cc1ccccc1[C@H](NC(=O)C(=O)Nc1cccc(N2CCCC2=O)c1)[C@H]1CCC[C@H](C)C1. The van der Waals surface area contributed by atoms with Crippen LogP contribution in [0, 0.1) is 18.8 Å². The average Bonchev–Trinajstić information content (AvgIpc) is 3.24. The van der Waals surface area contributed by atoms with Gasteiger partial charge in [-0.3, -0.25) is 14.4 Å². The number of hydrogen-bond donors (Lipinski definition) is 2. The molecule has 4 rings (SSSR count). The third-order valence-corrected chi connectivity index (χ3v) is 6.95. The van der Waals surface area contributed by atoms with Crippen LogP contribution in [0.25, 0.3) is 0 Å². The van der Waals surface area contributed by atoms with E-state index in [-0.39, 0.29) is 11.9 Å². The Bertz CT molecular complexity index is 1030. The van der Waals surface area contributed by atoms with Gasteiger partial charge in [0.2, 0.25) is 5.91 Å². The Morgan fingerprint density at radius 3 is 2.58 bits per heavy atom. The van der Waals surface area contributed by atoms with Gasteiger partial charge in [0.15, 0.2) is 0 Å². The molecule has 6 nitrogen and oxygen atoms in total. The van der Waals surface area contributed by atoms with E-state index < -0.39 is 11.8 Å². The second-order valence-corrected chi connectivity index (χ2v) is 9.49. The molecule has 3 amide bonds. The maximum atomic E-state index is 13.0. The van der Waals surface area contributed by atoms with Gasteiger partial charge in [0.05, 0.1) is 6.04 Å². The highest BCUT2D eigenvalue weighted by Gasteiger charge is 2.31. The minimum absolute atomic E-state index is 0.0824. The number of amides is 3. The summed E-state index contributed by atoms with van der Waals surface area (Å²) >= 11 is 0. The summed E-state index contributed by atoms with van der Waals surface area (Å²) in [5.41, 5.74) is 3.44. The quantitative estimate of drug-likeness (QED) is 0.650. The van der Waals surface area contributed by atoms with Crippen LogP contribution in [0.3, 0.4) is 0 Å². The normalized spacial score (nSPS) is 21.5. The van der Waals surface area contributed by atoms with Crippen LogP contribution >= 0.6 is 0 Å². The van der Waals surface area contributed by atoms with Gasteiger partial charge in [-0.05, 0) is 67.3 Å². The van der Waals surface area contributed by atoms with Gasteiger partial charge in [0.1, 0.15) is 0 Å². The second kappa shape index (κ2) is 10.2. The van der Waals surface area contributed by atoms with E-state index in [1.54, 1.807) is 23.1 Å². The molecule has 0 bridgehead atoms. The maximum Gasteiger partial charge on any atom is 0.313 e. The Morgan fingerprint density at radius 2 is 1.85 bits per heavy atom. The standard InChI is InChI=1S/C27H33N3O3/c1-18-8-5-10-20(16-18)25(23-13-4-3-9-19(23)2)29-27(33)26(32)28-21-11-6-12-22(17-21)30-15-7-14-24(30)31/h3-4,6,9,11-13,17-18,20,25H,5,7-8,10,14-16H2,1-2H3,(H,28,32)(H,29,33)/t18-,20-,25+/m0/s1. The predicted molar refractivity (Wildman–Crippen MR) is 130 cm³/mol. The van der Waals surface area contributed by atoms with Gasteiger partial charge in [-0.15, -0.1) is 0 Å². The number of anilines is 2. The molecule has 2 aliphatic rings. The van der Waals surface area contributed by atoms with Crippen molar-refractivity contribution in [1.82, 2.24) is 5.32 Å². The number of nitrogens with zero attached hydrogens (tertiary/aromatic N) is 1. The lowest BCUT2D eigenvalue weighted by Crippen LogP contribution is -2.41. The molecule has 1 saturated heterocycles. The number of aryl methyl sites for hydroxylation is 1. The Hall–Kier alpha value is -3.15. The molecular formula is C27H33N3O3. The van der Waals surface area contributed by atoms with Gasteiger partial charge >= 0.3 is 11.8 Å². The first-order valence-electron chi connectivity index (χ1n) is 12.0. The fraction of sp³-hybridized carbons (Fsp3) is 0.444. The smallest absolute Gasteiger partial charge is 0.313 e. The predicted octanol–water partition coefficient (Wildman–Crippen LogP) is 4.74. The van der Waals surface area contributed by atoms with Crippen molar-refractivity contribution in [2.45, 2.75) is 58.4 Å². The molecule has 2 N–H and O–H groups in total. The van der Waals surface area contributed by atoms with Gasteiger partial charge in [0.25, 0.3) is 0 Å². The third-order valence-electron chi connectivity index (χ3n) is 6.95. The van der Waals surface area contributed by atoms with E-state index in [1.807, 2.05) is 37.3 Å². The maximum absolute atomic E-state index is 13.0. The molecule has 2 aromatic carbocycles. The van der Waals surface area contributed by atoms with E-state index in [1.165, 1.54) is 6.42 Å². The van der Waals surface area contributed by atoms with Gasteiger partial charge < -0.3 is 15.5 Å². The van der Waals surface area contributed by atoms with E-state index in [9.17, 15) is 14.4 Å². The van der Waals surface area contributed by atoms with Crippen molar-refractivity contribution in [2.24, 2.45) is 11.8 Å². The Labute approximate surface area is 195 Å². The first-order chi connectivity index (χ1) is 15.9. The van der Waals surface area contributed by atoms with Crippen LogP contribution in [0.1, 0.15) is 62.6 Å². The second-order valence-electron chi connectivity index (χ2n) is 9.49. The Balaban J connectivity index is 1.48. The topological polar surface area (TPSA) is 78.5 Å². The van der Waals surface area contributed by atoms with Crippen molar-refractivity contribution in [3.8, 4) is 0 Å². The molecule has 33 heavy (non-hydrogen) atoms. The summed E-state index contributed by atoms with van der Waals surface area (Å²) in [6.45, 7) is 4.98. The molecule has 174 valence electrons. The summed E-state index contributed by atoms with van der Waals surface area (Å²) in [4.78, 5) is 39.5. The summed E-state index contributed by atoms with van der Waals surface area (Å²) in [7, 11) is 0. The Morgan fingerprint density at radius 1 is 1.03 bits per heavy atom. The first-order valence-corrected chi connectivity index (χ1v) is 12.0. The number of carbonyl (C=O) groups excluding carboxylic acids is 3. The largest absolute Gasteiger partial charge is 0.341 e. The number of nitrogens with one attached hydrogen (secondary N) is 2. The van der Waals surface area contributed by atoms with Gasteiger partial charge in [-0.25, -0.2) is 0 Å². The van der Waals surface area contributed by atoms with Crippen molar-refractivity contribution >= 4 is 29.1 Å². The lowest BCUT2D eigenvalue weighted by molar-refractivity contribution is -0.137. The molecule has 0 aromatic heterocycles. The molecule has 0 unspecified atom stereocenters. The first kappa shape index (κ1) is 23.0. The van der Waals surface area contributed by atoms with Crippen LogP contribution in [0.5, 0.6) is 0 Å². The molecule has 2 aromatic rings. The fourth-order valence-corrected chi connectivity index (χ4v) is 5.24. The number of hydrogen-bond acceptors (Lipinski definition) is 3. The molecule has 1 saturated carbocycles. The minimum atomic E-state index is -0.692. The highest BCUT2D eigenvalue weighted by Crippen LogP contribution is 2.38. The van der Waals surface area contributed by atoms with E-state index in [0.29, 0.717) is 30.5 Å². The van der Waals surface area contributed by atoms with E-state index in [2.05, 4.69) is 17.6 Å². The monoisotopic (exact) mass is 447 g/mol. The lowest BCUT2D eigenvalue weighted by Gasteiger charge is -2.34. The third kappa shape index (κ3) is 5.44. The van der Waals surface area contributed by atoms with E-state index in [4.69, 9.17) is 0 Å². The van der Waals surface area contributed by atoms with Gasteiger partial charge in [0, 0.05) is 24.3 Å². The summed E-state index contributed by atoms with van der Waals surface area (Å²) in [6, 6.07) is 15.0. The van der Waals surface area contributed by atoms with Crippen molar-refractivity contribution < 1.29 is 14.4 Å². The molecular weight excluding hydrogens is 414 g/mol. The summed E-state index contributed by atoms with van der Waals surface area (Å²) in [5.74, 6) is -0.335. The molecule has 0 spiro atoms. The van der Waals surface area contributed by atoms with Crippen molar-refractivity contribution in [3.05, 3.63) is 59.7 Å². The minimum Gasteiger partial charge on any atom is -0.341 e. The molecule has 6 heteroatoms. The zero-order valence-electron chi connectivity index (χ0n) is 19.5. The zero-order valence-corrected chi connectivity index (χ0v) is 19.5. The molecule has 2 fully saturated rings. The van der Waals surface area contributed by atoms with Crippen molar-refractivity contribution in [3.63, 3.8) is 0 Å². The van der Waals surface area contributed by atoms with Crippen LogP contribution in [0.4, 0.5) is 11.4 Å². The molecule has 1 aliphatic heterocycles. The highest BCUT2D eigenvalue weighted by atomic mass is 16.2. The number of benzene rings is 2. The van der Waals surface area contributed by atoms with Gasteiger partial charge in [-0.2, -0.15) is 0 Å². The molecule has 1 heterocycles. The summed E-state index contributed by atoms with van der Waals surface area (Å²) in [5, 5.41) is 5.76. The summed E-state index contributed by atoms with van der Waals surface area (Å²) < 4.78 is 0. The van der Waals surface area contributed by atoms with E-state index >= 15 is 0 Å². The summed E-state index contributed by atoms with van der Waals surface area (Å²) in [6.07, 6.45) is 5.79. The number of carbonyl (C=O) groups is 3. The Kier molecular flexibility index (Phi) is 7.11. The van der Waals surface area contributed by atoms with Crippen LogP contribution in [-0.4, -0.2) is 24.3 Å². The molecule has 3 atom stereocenters. The van der Waals surface area contributed by atoms with Crippen LogP contribution in [0.15, 0.2) is 48.5 Å². The van der Waals surface area contributed by atoms with Gasteiger partial charge in [-0.1, -0.05) is 50.1 Å². The number of rotatable bonds is 5. The van der Waals surface area contributed by atoms with E-state index in [0.717, 1.165) is 42.5 Å². The fourth-order valence-electron chi connectivity index (χ4n) is 5.24. The lowest BCUT2D eigenvalue weighted by atomic mass is 9.76. The average molecular weight is 448 g/mol. The van der Waals surface area contributed by atoms with Crippen LogP contribution in [-0.2, 0) is 14.4 Å². The molecule has 0 radical (unpaired) electrons. The zero-order chi connectivity index (χ0) is 23.4. The van der Waals surface area contributed by atoms with Crippen LogP contribution in [0.2, 0.25) is 0 Å². The van der Waals surface area contributed by atoms with Crippen LogP contribution < -0.4 is 15.5 Å². The van der Waals surface area contributed by atoms with Crippen molar-refractivity contribution in [2.75, 3.05) is 16.8 Å². The molecule has 1 aliphatic carbocycles. The van der Waals surface area contributed by atoms with Crippen molar-refractivity contribution in [1.29, 1.82) is 0 Å².